The van der Waals surface area contributed by atoms with Gasteiger partial charge in [0.05, 0.1) is 0 Å². The van der Waals surface area contributed by atoms with Gasteiger partial charge in [-0.2, -0.15) is 0 Å². The van der Waals surface area contributed by atoms with Crippen LogP contribution in [0.25, 0.3) is 0 Å². The molecule has 0 fully saturated rings. The molecular formula is C9H12ClO2P. The highest BCUT2D eigenvalue weighted by Gasteiger charge is 2.11. The first-order valence-corrected chi connectivity index (χ1v) is 7.04. The molecule has 0 heterocycles. The van der Waals surface area contributed by atoms with Crippen molar-refractivity contribution in [2.24, 2.45) is 0 Å². The van der Waals surface area contributed by atoms with Crippen LogP contribution in [-0.2, 0) is 11.0 Å². The molecule has 0 aliphatic heterocycles. The van der Waals surface area contributed by atoms with Crippen molar-refractivity contribution in [3.05, 3.63) is 29.8 Å². The van der Waals surface area contributed by atoms with Gasteiger partial charge in [0.15, 0.2) is 0 Å². The summed E-state index contributed by atoms with van der Waals surface area (Å²) < 4.78 is 16.1. The molecule has 0 aliphatic carbocycles. The summed E-state index contributed by atoms with van der Waals surface area (Å²) in [7, 11) is 0. The predicted molar refractivity (Wildman–Crippen MR) is 55.8 cm³/mol. The van der Waals surface area contributed by atoms with Crippen LogP contribution >= 0.6 is 18.0 Å². The fourth-order valence-corrected chi connectivity index (χ4v) is 1.71. The lowest BCUT2D eigenvalue weighted by atomic mass is 10.2. The number of hydrogen-bond acceptors (Lipinski definition) is 2. The van der Waals surface area contributed by atoms with Gasteiger partial charge in [-0.05, 0) is 35.4 Å². The second-order valence-corrected chi connectivity index (χ2v) is 6.35. The third-order valence-corrected chi connectivity index (χ3v) is 2.34. The van der Waals surface area contributed by atoms with Crippen molar-refractivity contribution in [1.82, 2.24) is 0 Å². The van der Waals surface area contributed by atoms with Gasteiger partial charge < -0.3 is 4.52 Å². The van der Waals surface area contributed by atoms with Gasteiger partial charge in [-0.1, -0.05) is 19.1 Å². The minimum atomic E-state index is -2.94. The van der Waals surface area contributed by atoms with Gasteiger partial charge in [0.1, 0.15) is 5.75 Å². The first-order valence-electron chi connectivity index (χ1n) is 4.07. The molecule has 0 saturated carbocycles. The molecule has 0 saturated heterocycles. The molecule has 0 radical (unpaired) electrons. The van der Waals surface area contributed by atoms with Crippen LogP contribution in [0.15, 0.2) is 24.3 Å². The third-order valence-electron chi connectivity index (χ3n) is 1.60. The smallest absolute Gasteiger partial charge is 0.333 e. The van der Waals surface area contributed by atoms with E-state index >= 15 is 0 Å². The molecule has 0 spiro atoms. The Balaban J connectivity index is 2.76. The van der Waals surface area contributed by atoms with E-state index in [0.29, 0.717) is 5.75 Å². The first-order chi connectivity index (χ1) is 6.01. The van der Waals surface area contributed by atoms with Gasteiger partial charge in [0.2, 0.25) is 0 Å². The summed E-state index contributed by atoms with van der Waals surface area (Å²) >= 11 is 5.47. The maximum atomic E-state index is 11.1. The summed E-state index contributed by atoms with van der Waals surface area (Å²) in [4.78, 5) is 0. The van der Waals surface area contributed by atoms with Crippen molar-refractivity contribution in [2.45, 2.75) is 13.3 Å². The summed E-state index contributed by atoms with van der Waals surface area (Å²) in [5.74, 6) is 0.554. The molecule has 1 unspecified atom stereocenters. The molecule has 0 aromatic heterocycles. The molecule has 0 N–H and O–H groups in total. The Morgan fingerprint density at radius 3 is 2.31 bits per heavy atom. The monoisotopic (exact) mass is 218 g/mol. The lowest BCUT2D eigenvalue weighted by Gasteiger charge is -2.07. The average molecular weight is 219 g/mol. The molecule has 1 atom stereocenters. The van der Waals surface area contributed by atoms with E-state index < -0.39 is 6.72 Å². The van der Waals surface area contributed by atoms with Crippen LogP contribution < -0.4 is 4.52 Å². The Morgan fingerprint density at radius 2 is 1.92 bits per heavy atom. The van der Waals surface area contributed by atoms with Crippen molar-refractivity contribution in [2.75, 3.05) is 6.66 Å². The van der Waals surface area contributed by atoms with Crippen LogP contribution in [0.5, 0.6) is 5.75 Å². The summed E-state index contributed by atoms with van der Waals surface area (Å²) in [6, 6.07) is 7.42. The lowest BCUT2D eigenvalue weighted by molar-refractivity contribution is 0.504. The molecule has 0 amide bonds. The number of halogens is 1. The number of benzene rings is 1. The number of rotatable bonds is 3. The predicted octanol–water partition coefficient (Wildman–Crippen LogP) is 3.69. The summed E-state index contributed by atoms with van der Waals surface area (Å²) in [5.41, 5.74) is 1.22. The molecular weight excluding hydrogens is 207 g/mol. The van der Waals surface area contributed by atoms with E-state index in [2.05, 4.69) is 6.92 Å². The highest BCUT2D eigenvalue weighted by molar-refractivity contribution is 7.85. The fourth-order valence-electron chi connectivity index (χ4n) is 0.974. The maximum Gasteiger partial charge on any atom is 0.333 e. The second-order valence-electron chi connectivity index (χ2n) is 2.84. The zero-order valence-electron chi connectivity index (χ0n) is 7.66. The van der Waals surface area contributed by atoms with Crippen LogP contribution in [0.4, 0.5) is 0 Å². The van der Waals surface area contributed by atoms with Gasteiger partial charge in [0.25, 0.3) is 0 Å². The van der Waals surface area contributed by atoms with Crippen molar-refractivity contribution >= 4 is 18.0 Å². The SMILES string of the molecule is CCc1ccc(OP(C)(=O)Cl)cc1. The molecule has 4 heteroatoms. The summed E-state index contributed by atoms with van der Waals surface area (Å²) in [6.45, 7) is 0.510. The van der Waals surface area contributed by atoms with E-state index in [1.807, 2.05) is 12.1 Å². The third kappa shape index (κ3) is 3.84. The zero-order chi connectivity index (χ0) is 9.90. The van der Waals surface area contributed by atoms with E-state index in [9.17, 15) is 4.57 Å². The maximum absolute atomic E-state index is 11.1. The van der Waals surface area contributed by atoms with Crippen LogP contribution in [0, 0.1) is 0 Å². The van der Waals surface area contributed by atoms with E-state index in [1.54, 1.807) is 12.1 Å². The molecule has 72 valence electrons. The average Bonchev–Trinajstić information content (AvgIpc) is 2.03. The molecule has 1 aromatic rings. The lowest BCUT2D eigenvalue weighted by Crippen LogP contribution is -1.85. The van der Waals surface area contributed by atoms with Gasteiger partial charge in [0, 0.05) is 6.66 Å². The minimum absolute atomic E-state index is 0.554. The summed E-state index contributed by atoms with van der Waals surface area (Å²) in [6.07, 6.45) is 0.977. The van der Waals surface area contributed by atoms with Gasteiger partial charge >= 0.3 is 6.72 Å². The molecule has 0 aliphatic rings. The number of hydrogen-bond donors (Lipinski definition) is 0. The normalized spacial score (nSPS) is 15.0. The molecule has 13 heavy (non-hydrogen) atoms. The highest BCUT2D eigenvalue weighted by atomic mass is 35.7. The standard InChI is InChI=1S/C9H12ClO2P/c1-3-8-4-6-9(7-5-8)12-13(2,10)11/h4-7H,3H2,1-2H3. The fraction of sp³-hybridized carbons (Fsp3) is 0.333. The topological polar surface area (TPSA) is 26.3 Å². The van der Waals surface area contributed by atoms with Crippen LogP contribution in [-0.4, -0.2) is 6.66 Å². The van der Waals surface area contributed by atoms with Crippen LogP contribution in [0.1, 0.15) is 12.5 Å². The molecule has 0 bridgehead atoms. The Labute approximate surface area is 83.1 Å². The number of aryl methyl sites for hydroxylation is 1. The molecule has 1 rings (SSSR count). The highest BCUT2D eigenvalue weighted by Crippen LogP contribution is 2.48. The van der Waals surface area contributed by atoms with Gasteiger partial charge in [-0.15, -0.1) is 0 Å². The molecule has 2 nitrogen and oxygen atoms in total. The van der Waals surface area contributed by atoms with E-state index in [0.717, 1.165) is 6.42 Å². The van der Waals surface area contributed by atoms with Crippen LogP contribution in [0.3, 0.4) is 0 Å². The largest absolute Gasteiger partial charge is 0.433 e. The minimum Gasteiger partial charge on any atom is -0.433 e. The van der Waals surface area contributed by atoms with Gasteiger partial charge in [-0.3, -0.25) is 4.57 Å². The summed E-state index contributed by atoms with van der Waals surface area (Å²) in [5, 5.41) is 0. The Morgan fingerprint density at radius 1 is 1.38 bits per heavy atom. The van der Waals surface area contributed by atoms with E-state index in [1.165, 1.54) is 12.2 Å². The Bertz CT molecular complexity index is 315. The van der Waals surface area contributed by atoms with E-state index in [-0.39, 0.29) is 0 Å². The Hall–Kier alpha value is -0.460. The quantitative estimate of drug-likeness (QED) is 0.724. The molecule has 1 aromatic carbocycles. The van der Waals surface area contributed by atoms with Crippen molar-refractivity contribution in [1.29, 1.82) is 0 Å². The van der Waals surface area contributed by atoms with Crippen LogP contribution in [0.2, 0.25) is 0 Å². The van der Waals surface area contributed by atoms with Gasteiger partial charge in [-0.25, -0.2) is 0 Å². The van der Waals surface area contributed by atoms with Crippen molar-refractivity contribution < 1.29 is 9.09 Å². The van der Waals surface area contributed by atoms with Crippen molar-refractivity contribution in [3.8, 4) is 5.75 Å². The zero-order valence-corrected chi connectivity index (χ0v) is 9.31. The van der Waals surface area contributed by atoms with Crippen molar-refractivity contribution in [3.63, 3.8) is 0 Å². The van der Waals surface area contributed by atoms with E-state index in [4.69, 9.17) is 15.8 Å². The Kier molecular flexibility index (Phi) is 3.40. The first kappa shape index (κ1) is 10.6. The second kappa shape index (κ2) is 4.17.